The Hall–Kier alpha value is -0.610. The molecule has 0 aromatic rings. The Morgan fingerprint density at radius 2 is 1.67 bits per heavy atom. The van der Waals surface area contributed by atoms with Crippen LogP contribution in [0.3, 0.4) is 0 Å². The molecule has 1 fully saturated rings. The van der Waals surface area contributed by atoms with Crippen LogP contribution in [0.5, 0.6) is 0 Å². The number of ether oxygens (including phenoxy) is 1. The minimum atomic E-state index is 0.0446. The number of hydrogen-bond donors (Lipinski definition) is 1. The van der Waals surface area contributed by atoms with E-state index in [1.165, 1.54) is 0 Å². The van der Waals surface area contributed by atoms with E-state index in [4.69, 9.17) is 4.74 Å². The first-order valence-corrected chi connectivity index (χ1v) is 7.05. The van der Waals surface area contributed by atoms with E-state index in [0.717, 1.165) is 26.3 Å². The average molecular weight is 256 g/mol. The molecule has 4 heteroatoms. The third-order valence-electron chi connectivity index (χ3n) is 3.69. The Kier molecular flexibility index (Phi) is 6.09. The van der Waals surface area contributed by atoms with Gasteiger partial charge in [-0.05, 0) is 12.8 Å². The maximum atomic E-state index is 11.9. The molecule has 0 bridgehead atoms. The van der Waals surface area contributed by atoms with Crippen LogP contribution in [0.25, 0.3) is 0 Å². The van der Waals surface area contributed by atoms with Crippen LogP contribution in [0.4, 0.5) is 0 Å². The Labute approximate surface area is 111 Å². The van der Waals surface area contributed by atoms with Crippen LogP contribution in [0.15, 0.2) is 0 Å². The third-order valence-corrected chi connectivity index (χ3v) is 3.69. The van der Waals surface area contributed by atoms with Gasteiger partial charge in [-0.1, -0.05) is 27.7 Å². The SMILES string of the molecule is CC(C)C(=O)N[C@@H](C(C)C)[C@@H](C)N1CCOCC1. The van der Waals surface area contributed by atoms with Gasteiger partial charge in [-0.25, -0.2) is 0 Å². The van der Waals surface area contributed by atoms with Gasteiger partial charge in [0.1, 0.15) is 0 Å². The highest BCUT2D eigenvalue weighted by Crippen LogP contribution is 2.15. The quantitative estimate of drug-likeness (QED) is 0.810. The van der Waals surface area contributed by atoms with Crippen LogP contribution >= 0.6 is 0 Å². The van der Waals surface area contributed by atoms with Crippen molar-refractivity contribution in [3.05, 3.63) is 0 Å². The molecule has 0 saturated carbocycles. The summed E-state index contributed by atoms with van der Waals surface area (Å²) in [4.78, 5) is 14.3. The first kappa shape index (κ1) is 15.4. The molecule has 0 radical (unpaired) electrons. The highest BCUT2D eigenvalue weighted by molar-refractivity contribution is 5.78. The van der Waals surface area contributed by atoms with Crippen molar-refractivity contribution in [3.8, 4) is 0 Å². The molecule has 0 unspecified atom stereocenters. The van der Waals surface area contributed by atoms with Crippen molar-refractivity contribution in [1.82, 2.24) is 10.2 Å². The number of carbonyl (C=O) groups excluding carboxylic acids is 1. The Balaban J connectivity index is 2.62. The molecule has 18 heavy (non-hydrogen) atoms. The van der Waals surface area contributed by atoms with Gasteiger partial charge < -0.3 is 10.1 Å². The molecule has 1 aliphatic rings. The zero-order chi connectivity index (χ0) is 13.7. The minimum absolute atomic E-state index is 0.0446. The van der Waals surface area contributed by atoms with E-state index < -0.39 is 0 Å². The fourth-order valence-electron chi connectivity index (χ4n) is 2.39. The van der Waals surface area contributed by atoms with Gasteiger partial charge in [-0.2, -0.15) is 0 Å². The van der Waals surface area contributed by atoms with E-state index in [2.05, 4.69) is 31.0 Å². The molecule has 4 nitrogen and oxygen atoms in total. The molecule has 0 aliphatic carbocycles. The van der Waals surface area contributed by atoms with E-state index in [1.54, 1.807) is 0 Å². The van der Waals surface area contributed by atoms with Crippen molar-refractivity contribution in [2.24, 2.45) is 11.8 Å². The lowest BCUT2D eigenvalue weighted by molar-refractivity contribution is -0.125. The number of nitrogens with one attached hydrogen (secondary N) is 1. The second-order valence-corrected chi connectivity index (χ2v) is 5.82. The maximum Gasteiger partial charge on any atom is 0.222 e. The number of amides is 1. The Morgan fingerprint density at radius 1 is 1.11 bits per heavy atom. The van der Waals surface area contributed by atoms with E-state index >= 15 is 0 Å². The van der Waals surface area contributed by atoms with Gasteiger partial charge in [0.05, 0.1) is 13.2 Å². The van der Waals surface area contributed by atoms with Crippen LogP contribution in [0, 0.1) is 11.8 Å². The smallest absolute Gasteiger partial charge is 0.222 e. The fraction of sp³-hybridized carbons (Fsp3) is 0.929. The summed E-state index contributed by atoms with van der Waals surface area (Å²) in [5.41, 5.74) is 0. The first-order chi connectivity index (χ1) is 8.43. The molecule has 1 N–H and O–H groups in total. The first-order valence-electron chi connectivity index (χ1n) is 7.05. The standard InChI is InChI=1S/C14H28N2O2/c1-10(2)13(15-14(17)11(3)4)12(5)16-6-8-18-9-7-16/h10-13H,6-9H2,1-5H3,(H,15,17)/t12-,13+/m1/s1. The highest BCUT2D eigenvalue weighted by atomic mass is 16.5. The molecule has 1 heterocycles. The second kappa shape index (κ2) is 7.10. The van der Waals surface area contributed by atoms with Gasteiger partial charge in [0.15, 0.2) is 0 Å². The van der Waals surface area contributed by atoms with Crippen molar-refractivity contribution in [2.75, 3.05) is 26.3 Å². The van der Waals surface area contributed by atoms with Gasteiger partial charge in [0.25, 0.3) is 0 Å². The second-order valence-electron chi connectivity index (χ2n) is 5.82. The normalized spacial score (nSPS) is 21.1. The van der Waals surface area contributed by atoms with Crippen LogP contribution in [0.1, 0.15) is 34.6 Å². The summed E-state index contributed by atoms with van der Waals surface area (Å²) < 4.78 is 5.38. The number of rotatable bonds is 5. The maximum absolute atomic E-state index is 11.9. The topological polar surface area (TPSA) is 41.6 Å². The van der Waals surface area contributed by atoms with Crippen molar-refractivity contribution < 1.29 is 9.53 Å². The van der Waals surface area contributed by atoms with Crippen molar-refractivity contribution in [1.29, 1.82) is 0 Å². The lowest BCUT2D eigenvalue weighted by atomic mass is 9.95. The Bertz CT molecular complexity index is 261. The van der Waals surface area contributed by atoms with Crippen LogP contribution in [0.2, 0.25) is 0 Å². The molecule has 106 valence electrons. The zero-order valence-electron chi connectivity index (χ0n) is 12.4. The molecular formula is C14H28N2O2. The van der Waals surface area contributed by atoms with Gasteiger partial charge in [0.2, 0.25) is 5.91 Å². The number of nitrogens with zero attached hydrogens (tertiary/aromatic N) is 1. The summed E-state index contributed by atoms with van der Waals surface area (Å²) in [5.74, 6) is 0.627. The molecule has 1 saturated heterocycles. The van der Waals surface area contributed by atoms with Gasteiger partial charge in [-0.3, -0.25) is 9.69 Å². The average Bonchev–Trinajstić information content (AvgIpc) is 2.35. The molecule has 1 rings (SSSR count). The summed E-state index contributed by atoms with van der Waals surface area (Å²) >= 11 is 0. The molecule has 2 atom stereocenters. The molecular weight excluding hydrogens is 228 g/mol. The summed E-state index contributed by atoms with van der Waals surface area (Å²) in [6.07, 6.45) is 0. The number of hydrogen-bond acceptors (Lipinski definition) is 3. The third kappa shape index (κ3) is 4.25. The molecule has 1 aliphatic heterocycles. The number of carbonyl (C=O) groups is 1. The van der Waals surface area contributed by atoms with E-state index in [9.17, 15) is 4.79 Å². The van der Waals surface area contributed by atoms with Crippen molar-refractivity contribution >= 4 is 5.91 Å². The number of morpholine rings is 1. The van der Waals surface area contributed by atoms with E-state index in [-0.39, 0.29) is 17.9 Å². The molecule has 0 aromatic carbocycles. The highest BCUT2D eigenvalue weighted by Gasteiger charge is 2.28. The predicted molar refractivity (Wildman–Crippen MR) is 73.5 cm³/mol. The summed E-state index contributed by atoms with van der Waals surface area (Å²) in [7, 11) is 0. The fourth-order valence-corrected chi connectivity index (χ4v) is 2.39. The van der Waals surface area contributed by atoms with Crippen LogP contribution < -0.4 is 5.32 Å². The summed E-state index contributed by atoms with van der Waals surface area (Å²) in [6.45, 7) is 13.9. The molecule has 1 amide bonds. The van der Waals surface area contributed by atoms with Crippen LogP contribution in [-0.4, -0.2) is 49.2 Å². The summed E-state index contributed by atoms with van der Waals surface area (Å²) in [6, 6.07) is 0.564. The van der Waals surface area contributed by atoms with Gasteiger partial charge in [-0.15, -0.1) is 0 Å². The van der Waals surface area contributed by atoms with Crippen LogP contribution in [-0.2, 0) is 9.53 Å². The predicted octanol–water partition coefficient (Wildman–Crippen LogP) is 1.50. The molecule has 0 spiro atoms. The lowest BCUT2D eigenvalue weighted by Crippen LogP contribution is -2.55. The Morgan fingerprint density at radius 3 is 2.11 bits per heavy atom. The van der Waals surface area contributed by atoms with Crippen molar-refractivity contribution in [2.45, 2.75) is 46.7 Å². The minimum Gasteiger partial charge on any atom is -0.379 e. The zero-order valence-corrected chi connectivity index (χ0v) is 12.4. The lowest BCUT2D eigenvalue weighted by Gasteiger charge is -2.39. The van der Waals surface area contributed by atoms with E-state index in [1.807, 2.05) is 13.8 Å². The largest absolute Gasteiger partial charge is 0.379 e. The summed E-state index contributed by atoms with van der Waals surface area (Å²) in [5, 5.41) is 3.19. The molecule has 0 aromatic heterocycles. The van der Waals surface area contributed by atoms with E-state index in [0.29, 0.717) is 12.0 Å². The van der Waals surface area contributed by atoms with Gasteiger partial charge >= 0.3 is 0 Å². The monoisotopic (exact) mass is 256 g/mol. The van der Waals surface area contributed by atoms with Gasteiger partial charge in [0, 0.05) is 31.1 Å². The van der Waals surface area contributed by atoms with Crippen molar-refractivity contribution in [3.63, 3.8) is 0 Å².